The molecule has 0 spiro atoms. The Morgan fingerprint density at radius 2 is 1.94 bits per heavy atom. The van der Waals surface area contributed by atoms with Gasteiger partial charge in [0.2, 0.25) is 5.91 Å². The minimum absolute atomic E-state index is 0.0383. The van der Waals surface area contributed by atoms with Gasteiger partial charge >= 0.3 is 6.03 Å². The highest BCUT2D eigenvalue weighted by molar-refractivity contribution is 9.10. The minimum Gasteiger partial charge on any atom is -0.380 e. The fourth-order valence-corrected chi connectivity index (χ4v) is 4.21. The topological polar surface area (TPSA) is 100 Å². The third-order valence-corrected chi connectivity index (χ3v) is 6.29. The van der Waals surface area contributed by atoms with E-state index >= 15 is 0 Å². The van der Waals surface area contributed by atoms with E-state index in [9.17, 15) is 18.8 Å². The molecule has 2 aromatic rings. The van der Waals surface area contributed by atoms with Crippen molar-refractivity contribution in [3.05, 3.63) is 52.8 Å². The molecule has 0 unspecified atom stereocenters. The van der Waals surface area contributed by atoms with Crippen LogP contribution in [0.4, 0.5) is 26.2 Å². The number of carbonyl (C=O) groups is 3. The molecule has 0 aliphatic carbocycles. The summed E-state index contributed by atoms with van der Waals surface area (Å²) in [5, 5.41) is 5.34. The Labute approximate surface area is 204 Å². The van der Waals surface area contributed by atoms with Crippen molar-refractivity contribution < 1.29 is 28.2 Å². The molecule has 2 aliphatic heterocycles. The molecule has 2 saturated heterocycles. The van der Waals surface area contributed by atoms with Crippen molar-refractivity contribution in [3.63, 3.8) is 0 Å². The summed E-state index contributed by atoms with van der Waals surface area (Å²) < 4.78 is 26.1. The number of ether oxygens (including phenoxy) is 2. The summed E-state index contributed by atoms with van der Waals surface area (Å²) in [6.07, 6.45) is -0.0519. The number of likely N-dealkylation sites (tertiary alicyclic amines) is 1. The van der Waals surface area contributed by atoms with Crippen molar-refractivity contribution in [3.8, 4) is 0 Å². The van der Waals surface area contributed by atoms with Gasteiger partial charge in [-0.05, 0) is 42.5 Å². The van der Waals surface area contributed by atoms with Crippen molar-refractivity contribution in [2.75, 3.05) is 48.9 Å². The summed E-state index contributed by atoms with van der Waals surface area (Å²) in [5.74, 6) is -1.47. The number of nitrogens with zero attached hydrogens (tertiary/aromatic N) is 2. The van der Waals surface area contributed by atoms with E-state index < -0.39 is 23.8 Å². The first-order valence-electron chi connectivity index (χ1n) is 10.7. The number of hydrogen-bond acceptors (Lipinski definition) is 5. The maximum Gasteiger partial charge on any atom is 0.322 e. The highest BCUT2D eigenvalue weighted by Crippen LogP contribution is 2.26. The smallest absolute Gasteiger partial charge is 0.322 e. The molecule has 4 rings (SSSR count). The number of halogens is 2. The molecule has 11 heteroatoms. The second-order valence-corrected chi connectivity index (χ2v) is 8.87. The van der Waals surface area contributed by atoms with Crippen LogP contribution in [0.1, 0.15) is 6.42 Å². The summed E-state index contributed by atoms with van der Waals surface area (Å²) in [7, 11) is 1.51. The lowest BCUT2D eigenvalue weighted by atomic mass is 10.1. The van der Waals surface area contributed by atoms with Gasteiger partial charge in [0, 0.05) is 42.5 Å². The number of benzene rings is 2. The van der Waals surface area contributed by atoms with Crippen LogP contribution in [-0.2, 0) is 19.1 Å². The standard InChI is InChI=1S/C23H24BrFN4O5/c1-33-17-11-20(29(12-17)23(32)26-15-4-2-14(24)3-5-15)22(31)27-19-7-6-16(10-18(19)25)28-8-9-34-13-21(28)30/h2-7,10,17,20H,8-9,11-13H2,1H3,(H,26,32)(H,27,31)/t17-,20-/m1/s1. The van der Waals surface area contributed by atoms with Gasteiger partial charge in [-0.3, -0.25) is 9.59 Å². The summed E-state index contributed by atoms with van der Waals surface area (Å²) in [6, 6.07) is 9.91. The van der Waals surface area contributed by atoms with Gasteiger partial charge in [-0.15, -0.1) is 0 Å². The lowest BCUT2D eigenvalue weighted by Gasteiger charge is -2.27. The highest BCUT2D eigenvalue weighted by atomic mass is 79.9. The van der Waals surface area contributed by atoms with Gasteiger partial charge in [0.15, 0.2) is 0 Å². The van der Waals surface area contributed by atoms with E-state index in [0.29, 0.717) is 24.5 Å². The molecule has 2 aliphatic rings. The number of methoxy groups -OCH3 is 1. The van der Waals surface area contributed by atoms with E-state index in [1.807, 2.05) is 0 Å². The van der Waals surface area contributed by atoms with Crippen LogP contribution in [0.25, 0.3) is 0 Å². The Kier molecular flexibility index (Phi) is 7.44. The number of amides is 4. The van der Waals surface area contributed by atoms with Crippen LogP contribution in [-0.4, -0.2) is 68.3 Å². The molecule has 2 aromatic carbocycles. The Balaban J connectivity index is 1.46. The fourth-order valence-electron chi connectivity index (χ4n) is 3.95. The fraction of sp³-hybridized carbons (Fsp3) is 0.348. The molecule has 180 valence electrons. The van der Waals surface area contributed by atoms with Crippen molar-refractivity contribution in [2.45, 2.75) is 18.6 Å². The predicted octanol–water partition coefficient (Wildman–Crippen LogP) is 3.21. The molecule has 2 fully saturated rings. The molecule has 0 bridgehead atoms. The van der Waals surface area contributed by atoms with Crippen LogP contribution in [0, 0.1) is 5.82 Å². The third-order valence-electron chi connectivity index (χ3n) is 5.76. The largest absolute Gasteiger partial charge is 0.380 e. The molecule has 2 heterocycles. The van der Waals surface area contributed by atoms with Crippen LogP contribution >= 0.6 is 15.9 Å². The molecule has 0 radical (unpaired) electrons. The monoisotopic (exact) mass is 534 g/mol. The Morgan fingerprint density at radius 1 is 1.18 bits per heavy atom. The lowest BCUT2D eigenvalue weighted by molar-refractivity contribution is -0.125. The number of carbonyl (C=O) groups excluding carboxylic acids is 3. The van der Waals surface area contributed by atoms with Crippen LogP contribution < -0.4 is 15.5 Å². The van der Waals surface area contributed by atoms with Crippen LogP contribution in [0.15, 0.2) is 46.9 Å². The normalized spacial score (nSPS) is 20.4. The molecule has 0 aromatic heterocycles. The molecule has 2 N–H and O–H groups in total. The summed E-state index contributed by atoms with van der Waals surface area (Å²) >= 11 is 3.34. The summed E-state index contributed by atoms with van der Waals surface area (Å²) in [6.45, 7) is 0.858. The zero-order valence-corrected chi connectivity index (χ0v) is 20.0. The molecule has 2 atom stereocenters. The lowest BCUT2D eigenvalue weighted by Crippen LogP contribution is -2.45. The molecule has 4 amide bonds. The van der Waals surface area contributed by atoms with Crippen LogP contribution in [0.5, 0.6) is 0 Å². The Morgan fingerprint density at radius 3 is 2.62 bits per heavy atom. The second-order valence-electron chi connectivity index (χ2n) is 7.95. The van der Waals surface area contributed by atoms with Crippen molar-refractivity contribution >= 4 is 50.8 Å². The van der Waals surface area contributed by atoms with Gasteiger partial charge in [-0.1, -0.05) is 15.9 Å². The van der Waals surface area contributed by atoms with Gasteiger partial charge < -0.3 is 29.9 Å². The molecule has 34 heavy (non-hydrogen) atoms. The Hall–Kier alpha value is -3.02. The van der Waals surface area contributed by atoms with Gasteiger partial charge in [-0.2, -0.15) is 0 Å². The van der Waals surface area contributed by atoms with E-state index in [0.717, 1.165) is 4.47 Å². The van der Waals surface area contributed by atoms with E-state index in [1.54, 1.807) is 30.3 Å². The van der Waals surface area contributed by atoms with Crippen molar-refractivity contribution in [2.24, 2.45) is 0 Å². The Bertz CT molecular complexity index is 1080. The van der Waals surface area contributed by atoms with E-state index in [4.69, 9.17) is 9.47 Å². The highest BCUT2D eigenvalue weighted by Gasteiger charge is 2.40. The van der Waals surface area contributed by atoms with Crippen molar-refractivity contribution in [1.82, 2.24) is 4.90 Å². The van der Waals surface area contributed by atoms with E-state index in [2.05, 4.69) is 26.6 Å². The number of urea groups is 1. The molecule has 0 saturated carbocycles. The minimum atomic E-state index is -0.847. The maximum atomic E-state index is 14.8. The summed E-state index contributed by atoms with van der Waals surface area (Å²) in [5.41, 5.74) is 0.927. The zero-order chi connectivity index (χ0) is 24.2. The molecule has 9 nitrogen and oxygen atoms in total. The van der Waals surface area contributed by atoms with Crippen molar-refractivity contribution in [1.29, 1.82) is 0 Å². The average molecular weight is 535 g/mol. The van der Waals surface area contributed by atoms with E-state index in [1.165, 1.54) is 29.0 Å². The second kappa shape index (κ2) is 10.5. The van der Waals surface area contributed by atoms with Gasteiger partial charge in [0.05, 0.1) is 18.4 Å². The first-order chi connectivity index (χ1) is 16.4. The molecular formula is C23H24BrFN4O5. The SMILES string of the molecule is CO[C@@H]1C[C@H](C(=O)Nc2ccc(N3CCOCC3=O)cc2F)N(C(=O)Nc2ccc(Br)cc2)C1. The maximum absolute atomic E-state index is 14.8. The number of hydrogen-bond donors (Lipinski definition) is 2. The average Bonchev–Trinajstić information content (AvgIpc) is 3.27. The number of anilines is 3. The summed E-state index contributed by atoms with van der Waals surface area (Å²) in [4.78, 5) is 40.7. The van der Waals surface area contributed by atoms with Gasteiger partial charge in [0.1, 0.15) is 18.5 Å². The number of morpholine rings is 1. The quantitative estimate of drug-likeness (QED) is 0.613. The van der Waals surface area contributed by atoms with Gasteiger partial charge in [-0.25, -0.2) is 9.18 Å². The predicted molar refractivity (Wildman–Crippen MR) is 127 cm³/mol. The number of nitrogens with one attached hydrogen (secondary N) is 2. The zero-order valence-electron chi connectivity index (χ0n) is 18.4. The van der Waals surface area contributed by atoms with Crippen LogP contribution in [0.2, 0.25) is 0 Å². The van der Waals surface area contributed by atoms with Crippen LogP contribution in [0.3, 0.4) is 0 Å². The molecular weight excluding hydrogens is 511 g/mol. The third kappa shape index (κ3) is 5.37. The number of rotatable bonds is 5. The first kappa shape index (κ1) is 24.1. The first-order valence-corrected chi connectivity index (χ1v) is 11.5. The van der Waals surface area contributed by atoms with Gasteiger partial charge in [0.25, 0.3) is 5.91 Å². The van der Waals surface area contributed by atoms with E-state index in [-0.39, 0.29) is 37.3 Å².